The van der Waals surface area contributed by atoms with E-state index < -0.39 is 12.1 Å². The van der Waals surface area contributed by atoms with Gasteiger partial charge in [0, 0.05) is 39.9 Å². The van der Waals surface area contributed by atoms with Crippen molar-refractivity contribution in [3.05, 3.63) is 100 Å². The van der Waals surface area contributed by atoms with Gasteiger partial charge in [-0.1, -0.05) is 12.1 Å². The Labute approximate surface area is 230 Å². The van der Waals surface area contributed by atoms with Crippen LogP contribution in [0.2, 0.25) is 0 Å². The summed E-state index contributed by atoms with van der Waals surface area (Å²) in [7, 11) is 0. The second kappa shape index (κ2) is 10.3. The molecule has 6 rings (SSSR count). The first-order chi connectivity index (χ1) is 19.4. The zero-order valence-electron chi connectivity index (χ0n) is 21.7. The lowest BCUT2D eigenvalue weighted by Crippen LogP contribution is -2.07. The highest BCUT2D eigenvalue weighted by molar-refractivity contribution is 5.69. The Bertz CT molecular complexity index is 1680. The molecule has 4 aromatic rings. The molecule has 0 saturated carbocycles. The molecule has 1 aromatic heterocycles. The number of carboxylic acid groups (broad SMARTS) is 1. The van der Waals surface area contributed by atoms with Gasteiger partial charge in [0.2, 0.25) is 0 Å². The summed E-state index contributed by atoms with van der Waals surface area (Å²) in [5.41, 5.74) is 4.77. The lowest BCUT2D eigenvalue weighted by atomic mass is 9.98. The summed E-state index contributed by atoms with van der Waals surface area (Å²) < 4.78 is 33.2. The number of halogens is 1. The molecular formula is C32H25FN2O5. The number of carboxylic acids is 1. The number of aromatic nitrogens is 1. The summed E-state index contributed by atoms with van der Waals surface area (Å²) in [6.07, 6.45) is 0.562. The third kappa shape index (κ3) is 4.82. The minimum Gasteiger partial charge on any atom is -0.492 e. The first-order valence-corrected chi connectivity index (χ1v) is 13.0. The first-order valence-electron chi connectivity index (χ1n) is 13.0. The van der Waals surface area contributed by atoms with Gasteiger partial charge in [-0.2, -0.15) is 5.26 Å². The molecule has 0 unspecified atom stereocenters. The van der Waals surface area contributed by atoms with Gasteiger partial charge < -0.3 is 19.3 Å². The standard InChI is InChI=1S/C32H25FN2O5/c1-18-3-2-4-26(35-18)19-5-10-27(20(13-19)16-34)40-28-12-9-25(33)32-24(28)8-11-29(32)39-22-6-7-23-21(14-31(36)37)17-38-30(23)15-22/h2-7,9-10,12-13,15,21,29H,8,11,14,17H2,1H3,(H,36,37)/t21-,29-/m1/s1. The van der Waals surface area contributed by atoms with Crippen LogP contribution >= 0.6 is 0 Å². The lowest BCUT2D eigenvalue weighted by Gasteiger charge is -2.17. The van der Waals surface area contributed by atoms with Crippen molar-refractivity contribution in [2.24, 2.45) is 0 Å². The van der Waals surface area contributed by atoms with Crippen molar-refractivity contribution >= 4 is 5.97 Å². The van der Waals surface area contributed by atoms with Gasteiger partial charge in [0.15, 0.2) is 0 Å². The number of aryl methyl sites for hydroxylation is 1. The van der Waals surface area contributed by atoms with Gasteiger partial charge >= 0.3 is 5.97 Å². The summed E-state index contributed by atoms with van der Waals surface area (Å²) in [6.45, 7) is 2.22. The molecule has 8 heteroatoms. The molecule has 0 saturated heterocycles. The number of hydrogen-bond acceptors (Lipinski definition) is 6. The largest absolute Gasteiger partial charge is 0.492 e. The van der Waals surface area contributed by atoms with Crippen LogP contribution in [-0.4, -0.2) is 22.7 Å². The number of fused-ring (bicyclic) bond motifs is 2. The monoisotopic (exact) mass is 536 g/mol. The van der Waals surface area contributed by atoms with Gasteiger partial charge in [0.25, 0.3) is 0 Å². The molecule has 3 aromatic carbocycles. The van der Waals surface area contributed by atoms with Crippen molar-refractivity contribution in [3.63, 3.8) is 0 Å². The van der Waals surface area contributed by atoms with E-state index in [1.165, 1.54) is 6.07 Å². The molecule has 0 fully saturated rings. The van der Waals surface area contributed by atoms with Crippen LogP contribution in [0.3, 0.4) is 0 Å². The van der Waals surface area contributed by atoms with E-state index in [0.29, 0.717) is 59.1 Å². The Morgan fingerprint density at radius 3 is 2.80 bits per heavy atom. The first kappa shape index (κ1) is 25.4. The molecule has 0 bridgehead atoms. The van der Waals surface area contributed by atoms with Gasteiger partial charge in [-0.15, -0.1) is 0 Å². The molecule has 2 atom stereocenters. The van der Waals surface area contributed by atoms with E-state index in [1.54, 1.807) is 30.3 Å². The summed E-state index contributed by atoms with van der Waals surface area (Å²) in [6, 6.07) is 21.5. The number of rotatable bonds is 7. The van der Waals surface area contributed by atoms with Crippen molar-refractivity contribution < 1.29 is 28.5 Å². The smallest absolute Gasteiger partial charge is 0.304 e. The van der Waals surface area contributed by atoms with Gasteiger partial charge in [-0.05, 0) is 68.3 Å². The number of carbonyl (C=O) groups is 1. The molecule has 1 N–H and O–H groups in total. The Morgan fingerprint density at radius 2 is 2.00 bits per heavy atom. The summed E-state index contributed by atoms with van der Waals surface area (Å²) in [5.74, 6) is 0.506. The minimum absolute atomic E-state index is 0.00372. The molecule has 2 aliphatic rings. The SMILES string of the molecule is Cc1cccc(-c2ccc(Oc3ccc(F)c4c3CC[C@H]4Oc3ccc4c(c3)OC[C@H]4CC(=O)O)c(C#N)c2)n1. The fourth-order valence-corrected chi connectivity index (χ4v) is 5.42. The molecule has 1 aliphatic carbocycles. The lowest BCUT2D eigenvalue weighted by molar-refractivity contribution is -0.137. The molecule has 0 radical (unpaired) electrons. The van der Waals surface area contributed by atoms with Crippen molar-refractivity contribution in [1.29, 1.82) is 5.26 Å². The van der Waals surface area contributed by atoms with E-state index in [4.69, 9.17) is 19.3 Å². The van der Waals surface area contributed by atoms with E-state index in [0.717, 1.165) is 22.5 Å². The Balaban J connectivity index is 1.24. The van der Waals surface area contributed by atoms with Crippen molar-refractivity contribution in [2.45, 2.75) is 38.2 Å². The van der Waals surface area contributed by atoms with Crippen molar-refractivity contribution in [2.75, 3.05) is 6.61 Å². The van der Waals surface area contributed by atoms with E-state index in [-0.39, 0.29) is 18.2 Å². The third-order valence-electron chi connectivity index (χ3n) is 7.31. The number of aliphatic carboxylic acids is 1. The second-order valence-electron chi connectivity index (χ2n) is 9.98. The predicted octanol–water partition coefficient (Wildman–Crippen LogP) is 6.88. The highest BCUT2D eigenvalue weighted by Gasteiger charge is 2.32. The summed E-state index contributed by atoms with van der Waals surface area (Å²) in [4.78, 5) is 15.7. The average Bonchev–Trinajstić information content (AvgIpc) is 3.55. The fourth-order valence-electron chi connectivity index (χ4n) is 5.42. The quantitative estimate of drug-likeness (QED) is 0.275. The second-order valence-corrected chi connectivity index (χ2v) is 9.98. The van der Waals surface area contributed by atoms with Crippen LogP contribution in [0.1, 0.15) is 52.8 Å². The van der Waals surface area contributed by atoms with Crippen molar-refractivity contribution in [1.82, 2.24) is 4.98 Å². The number of nitriles is 1. The Hall–Kier alpha value is -4.90. The maximum absolute atomic E-state index is 15.1. The van der Waals surface area contributed by atoms with Gasteiger partial charge in [0.05, 0.1) is 24.3 Å². The number of nitrogens with zero attached hydrogens (tertiary/aromatic N) is 2. The van der Waals surface area contributed by atoms with Crippen LogP contribution < -0.4 is 14.2 Å². The molecule has 1 aliphatic heterocycles. The highest BCUT2D eigenvalue weighted by atomic mass is 19.1. The van der Waals surface area contributed by atoms with E-state index in [9.17, 15) is 10.1 Å². The van der Waals surface area contributed by atoms with E-state index in [1.807, 2.05) is 37.3 Å². The number of ether oxygens (including phenoxy) is 3. The molecular weight excluding hydrogens is 511 g/mol. The van der Waals surface area contributed by atoms with Crippen LogP contribution in [0.4, 0.5) is 4.39 Å². The Morgan fingerprint density at radius 1 is 1.15 bits per heavy atom. The van der Waals surface area contributed by atoms with Gasteiger partial charge in [0.1, 0.15) is 41.0 Å². The zero-order valence-corrected chi connectivity index (χ0v) is 21.7. The van der Waals surface area contributed by atoms with Crippen LogP contribution in [0.15, 0.2) is 66.7 Å². The van der Waals surface area contributed by atoms with E-state index in [2.05, 4.69) is 11.1 Å². The molecule has 40 heavy (non-hydrogen) atoms. The van der Waals surface area contributed by atoms with E-state index >= 15 is 4.39 Å². The highest BCUT2D eigenvalue weighted by Crippen LogP contribution is 2.44. The molecule has 2 heterocycles. The molecule has 0 spiro atoms. The maximum Gasteiger partial charge on any atom is 0.304 e. The summed E-state index contributed by atoms with van der Waals surface area (Å²) >= 11 is 0. The van der Waals surface area contributed by atoms with Gasteiger partial charge in [-0.25, -0.2) is 4.39 Å². The number of benzene rings is 3. The topological polar surface area (TPSA) is 102 Å². The predicted molar refractivity (Wildman–Crippen MR) is 144 cm³/mol. The summed E-state index contributed by atoms with van der Waals surface area (Å²) in [5, 5.41) is 19.0. The molecule has 0 amide bonds. The average molecular weight is 537 g/mol. The number of pyridine rings is 1. The van der Waals surface area contributed by atoms with Crippen molar-refractivity contribution in [3.8, 4) is 40.3 Å². The zero-order chi connectivity index (χ0) is 27.8. The van der Waals surface area contributed by atoms with Crippen LogP contribution in [0.25, 0.3) is 11.3 Å². The number of hydrogen-bond donors (Lipinski definition) is 1. The molecule has 7 nitrogen and oxygen atoms in total. The maximum atomic E-state index is 15.1. The fraction of sp³-hybridized carbons (Fsp3) is 0.219. The van der Waals surface area contributed by atoms with Crippen LogP contribution in [0, 0.1) is 24.1 Å². The third-order valence-corrected chi connectivity index (χ3v) is 7.31. The van der Waals surface area contributed by atoms with Crippen LogP contribution in [0.5, 0.6) is 23.0 Å². The normalized spacial score (nSPS) is 16.9. The Kier molecular flexibility index (Phi) is 6.56. The minimum atomic E-state index is -0.876. The molecule has 200 valence electrons. The van der Waals surface area contributed by atoms with Gasteiger partial charge in [-0.3, -0.25) is 9.78 Å². The van der Waals surface area contributed by atoms with Crippen LogP contribution in [-0.2, 0) is 11.2 Å².